The number of carbonyl (C=O) groups is 4. The molecule has 0 saturated carbocycles. The average molecular weight is 1310 g/mol. The second-order valence-corrected chi connectivity index (χ2v) is 30.0. The van der Waals surface area contributed by atoms with Gasteiger partial charge in [0.1, 0.15) is 34.4 Å². The van der Waals surface area contributed by atoms with Gasteiger partial charge in [-0.05, 0) is 130 Å². The van der Waals surface area contributed by atoms with Crippen molar-refractivity contribution in [1.82, 2.24) is 74.6 Å². The number of rotatable bonds is 12. The van der Waals surface area contributed by atoms with E-state index in [4.69, 9.17) is 13.3 Å². The molecule has 498 valence electrons. The number of aromatic nitrogens is 12. The zero-order valence-corrected chi connectivity index (χ0v) is 55.5. The van der Waals surface area contributed by atoms with E-state index in [0.29, 0.717) is 112 Å². The Hall–Kier alpha value is -9.28. The Morgan fingerprint density at radius 2 is 0.777 bits per heavy atom. The van der Waals surface area contributed by atoms with Crippen molar-refractivity contribution in [2.75, 3.05) is 19.6 Å². The SMILES string of the molecule is C[Si](C)(C)C(F)(F)F.Cc1oc([C@@H]2CC[C@@H](C)N(C(=O)c3ccccc3-n3nccn3)C2)nc1C=O.Cc1oc([C@@H]2CC[C@@H](C)N(C(=O)c3ccccc3-n3nccn3)C2)nc1[C@@H](C)O.Cc1oc([C@@H]2CC[C@@H](C)N(C(=O)c3ccccc3-n3nccn3)C2)nc1[C@H](C)O. The number of benzene rings is 3. The van der Waals surface area contributed by atoms with Crippen molar-refractivity contribution >= 4 is 32.1 Å². The van der Waals surface area contributed by atoms with Crippen molar-refractivity contribution in [3.05, 3.63) is 179 Å². The molecule has 0 aliphatic carbocycles. The van der Waals surface area contributed by atoms with Crippen LogP contribution in [0.1, 0.15) is 191 Å². The zero-order chi connectivity index (χ0) is 67.8. The summed E-state index contributed by atoms with van der Waals surface area (Å²) in [7, 11) is -2.86. The molecule has 24 nitrogen and oxygen atoms in total. The van der Waals surface area contributed by atoms with Crippen LogP contribution in [0.25, 0.3) is 17.1 Å². The molecule has 9 aromatic rings. The number of piperidine rings is 3. The standard InChI is InChI=1S/2C21H25N5O3.C20H21N5O3.C4H9F3Si/c2*1-13-8-9-16(20-24-19(14(2)27)15(3)29-20)12-25(13)21(28)17-6-4-5-7-18(17)26-22-10-11-23-26;1-13-7-8-15(19-23-17(12-26)14(2)28-19)11-24(13)20(27)16-5-3-4-6-18(16)25-21-9-10-22-25;1-8(2,3)4(5,6)7/h2*4-7,10-11,13-14,16,27H,8-9,12H2,1-3H3;3-6,9-10,12-13,15H,7-8,11H2,1-2H3;1-3H3/t13-,14+,16-;13-,14-,16-;13-,15-;/m111./s1. The molecule has 3 aliphatic rings. The van der Waals surface area contributed by atoms with Crippen LogP contribution in [0.5, 0.6) is 0 Å². The highest BCUT2D eigenvalue weighted by Gasteiger charge is 2.45. The van der Waals surface area contributed by atoms with Crippen LogP contribution in [-0.2, 0) is 0 Å². The molecule has 0 spiro atoms. The number of nitrogens with zero attached hydrogens (tertiary/aromatic N) is 15. The smallest absolute Gasteiger partial charge is 0.360 e. The van der Waals surface area contributed by atoms with Crippen LogP contribution >= 0.6 is 0 Å². The first-order valence-corrected chi connectivity index (χ1v) is 34.8. The van der Waals surface area contributed by atoms with E-state index in [2.05, 4.69) is 59.4 Å². The van der Waals surface area contributed by atoms with E-state index in [0.717, 1.165) is 38.5 Å². The van der Waals surface area contributed by atoms with Crippen LogP contribution in [0.2, 0.25) is 19.6 Å². The Kier molecular flexibility index (Phi) is 21.9. The van der Waals surface area contributed by atoms with Crippen molar-refractivity contribution in [3.63, 3.8) is 0 Å². The van der Waals surface area contributed by atoms with Crippen LogP contribution in [0.3, 0.4) is 0 Å². The fraction of sp³-hybridized carbons (Fsp3) is 0.439. The molecule has 0 unspecified atom stereocenters. The van der Waals surface area contributed by atoms with Gasteiger partial charge in [-0.3, -0.25) is 19.2 Å². The lowest BCUT2D eigenvalue weighted by Crippen LogP contribution is -2.45. The minimum absolute atomic E-state index is 0.00339. The number of aliphatic hydroxyl groups excluding tert-OH is 2. The van der Waals surface area contributed by atoms with Gasteiger partial charge in [0.05, 0.1) is 101 Å². The lowest BCUT2D eigenvalue weighted by Gasteiger charge is -2.37. The molecule has 3 aliphatic heterocycles. The molecule has 6 aromatic heterocycles. The van der Waals surface area contributed by atoms with Gasteiger partial charge in [-0.2, -0.15) is 58.2 Å². The highest BCUT2D eigenvalue weighted by Crippen LogP contribution is 2.37. The monoisotopic (exact) mass is 1310 g/mol. The van der Waals surface area contributed by atoms with Gasteiger partial charge in [0.2, 0.25) is 0 Å². The topological polar surface area (TPSA) is 289 Å². The molecular weight excluding hydrogens is 1230 g/mol. The Morgan fingerprint density at radius 3 is 1.03 bits per heavy atom. The zero-order valence-electron chi connectivity index (χ0n) is 54.5. The molecule has 12 rings (SSSR count). The summed E-state index contributed by atoms with van der Waals surface area (Å²) in [5, 5.41) is 44.7. The van der Waals surface area contributed by atoms with E-state index in [-0.39, 0.29) is 53.6 Å². The van der Waals surface area contributed by atoms with Crippen molar-refractivity contribution in [1.29, 1.82) is 0 Å². The molecule has 28 heteroatoms. The number of aldehydes is 1. The minimum Gasteiger partial charge on any atom is -0.445 e. The van der Waals surface area contributed by atoms with Gasteiger partial charge in [0.25, 0.3) is 17.7 Å². The number of alkyl halides is 3. The van der Waals surface area contributed by atoms with Crippen LogP contribution in [0, 0.1) is 20.8 Å². The van der Waals surface area contributed by atoms with Gasteiger partial charge in [-0.1, -0.05) is 56.0 Å². The van der Waals surface area contributed by atoms with Gasteiger partial charge < -0.3 is 38.2 Å². The summed E-state index contributed by atoms with van der Waals surface area (Å²) in [6.45, 7) is 20.2. The molecule has 0 bridgehead atoms. The summed E-state index contributed by atoms with van der Waals surface area (Å²) < 4.78 is 52.2. The number of aryl methyl sites for hydroxylation is 3. The number of hydrogen-bond acceptors (Lipinski definition) is 18. The molecule has 9 heterocycles. The Balaban J connectivity index is 0.000000157. The first kappa shape index (κ1) is 69.1. The normalized spacial score (nSPS) is 19.8. The predicted octanol–water partition coefficient (Wildman–Crippen LogP) is 11.3. The number of hydrogen-bond donors (Lipinski definition) is 2. The summed E-state index contributed by atoms with van der Waals surface area (Å²) >= 11 is 0. The molecular formula is C66H80F3N15O9Si. The lowest BCUT2D eigenvalue weighted by molar-refractivity contribution is -0.0552. The van der Waals surface area contributed by atoms with Crippen LogP contribution < -0.4 is 0 Å². The Labute approximate surface area is 543 Å². The van der Waals surface area contributed by atoms with Gasteiger partial charge in [0.15, 0.2) is 32.0 Å². The van der Waals surface area contributed by atoms with E-state index in [1.54, 1.807) is 90.0 Å². The van der Waals surface area contributed by atoms with Gasteiger partial charge in [-0.25, -0.2) is 15.0 Å². The molecule has 3 aromatic carbocycles. The average Bonchev–Trinajstić information content (AvgIpc) is 0.954. The van der Waals surface area contributed by atoms with Crippen molar-refractivity contribution in [3.8, 4) is 17.1 Å². The fourth-order valence-corrected chi connectivity index (χ4v) is 11.4. The van der Waals surface area contributed by atoms with Gasteiger partial charge >= 0.3 is 5.80 Å². The molecule has 94 heavy (non-hydrogen) atoms. The Bertz CT molecular complexity index is 3820. The van der Waals surface area contributed by atoms with Crippen LogP contribution in [-0.4, -0.2) is 160 Å². The highest BCUT2D eigenvalue weighted by atomic mass is 28.3. The van der Waals surface area contributed by atoms with Gasteiger partial charge in [0, 0.05) is 37.8 Å². The number of oxazole rings is 3. The predicted molar refractivity (Wildman–Crippen MR) is 341 cm³/mol. The summed E-state index contributed by atoms with van der Waals surface area (Å²) in [5.41, 5.74) is 5.06. The third-order valence-corrected chi connectivity index (χ3v) is 18.8. The van der Waals surface area contributed by atoms with E-state index >= 15 is 0 Å². The summed E-state index contributed by atoms with van der Waals surface area (Å²) in [4.78, 5) is 74.6. The number of amides is 3. The molecule has 3 amide bonds. The van der Waals surface area contributed by atoms with E-state index < -0.39 is 26.1 Å². The summed E-state index contributed by atoms with van der Waals surface area (Å²) in [6, 6.07) is 22.3. The number of aliphatic hydroxyl groups is 2. The van der Waals surface area contributed by atoms with E-state index in [1.807, 2.05) is 76.2 Å². The first-order valence-electron chi connectivity index (χ1n) is 31.3. The molecule has 0 radical (unpaired) electrons. The first-order chi connectivity index (χ1) is 44.7. The number of para-hydroxylation sites is 3. The summed E-state index contributed by atoms with van der Waals surface area (Å²) in [6.07, 6.45) is 14.0. The van der Waals surface area contributed by atoms with Crippen molar-refractivity contribution < 1.29 is 55.8 Å². The number of halogens is 3. The second kappa shape index (κ2) is 29.8. The highest BCUT2D eigenvalue weighted by molar-refractivity contribution is 6.78. The third kappa shape index (κ3) is 15.8. The molecule has 2 N–H and O–H groups in total. The van der Waals surface area contributed by atoms with Crippen molar-refractivity contribution in [2.45, 2.75) is 167 Å². The molecule has 8 atom stereocenters. The van der Waals surface area contributed by atoms with Crippen LogP contribution in [0.15, 0.2) is 123 Å². The Morgan fingerprint density at radius 1 is 0.500 bits per heavy atom. The number of carbonyl (C=O) groups excluding carboxylic acids is 4. The maximum absolute atomic E-state index is 13.4. The van der Waals surface area contributed by atoms with E-state index in [1.165, 1.54) is 34.0 Å². The number of likely N-dealkylation sites (tertiary alicyclic amines) is 3. The maximum atomic E-state index is 13.4. The van der Waals surface area contributed by atoms with Crippen molar-refractivity contribution in [2.24, 2.45) is 0 Å². The fourth-order valence-electron chi connectivity index (χ4n) is 11.4. The third-order valence-electron chi connectivity index (χ3n) is 17.1. The summed E-state index contributed by atoms with van der Waals surface area (Å²) in [5.74, 6) is -0.712. The quantitative estimate of drug-likeness (QED) is 0.0848. The maximum Gasteiger partial charge on any atom is 0.360 e. The van der Waals surface area contributed by atoms with Crippen LogP contribution in [0.4, 0.5) is 13.2 Å². The second-order valence-electron chi connectivity index (χ2n) is 24.9. The largest absolute Gasteiger partial charge is 0.445 e. The van der Waals surface area contributed by atoms with Gasteiger partial charge in [-0.15, -0.1) is 0 Å². The molecule has 3 fully saturated rings. The van der Waals surface area contributed by atoms with E-state index in [9.17, 15) is 42.6 Å². The lowest BCUT2D eigenvalue weighted by atomic mass is 9.92. The molecule has 3 saturated heterocycles. The minimum atomic E-state index is -3.92.